The van der Waals surface area contributed by atoms with E-state index < -0.39 is 0 Å². The summed E-state index contributed by atoms with van der Waals surface area (Å²) in [5, 5.41) is 6.56. The van der Waals surface area contributed by atoms with Crippen LogP contribution in [0.1, 0.15) is 17.4 Å². The monoisotopic (exact) mass is 301 g/mol. The van der Waals surface area contributed by atoms with Crippen molar-refractivity contribution in [2.75, 3.05) is 5.73 Å². The molecule has 0 spiro atoms. The first kappa shape index (κ1) is 13.6. The summed E-state index contributed by atoms with van der Waals surface area (Å²) in [5.74, 6) is 0.102. The summed E-state index contributed by atoms with van der Waals surface area (Å²) in [5.41, 5.74) is 7.61. The molecular formula is C14H15N5OS. The van der Waals surface area contributed by atoms with Crippen molar-refractivity contribution in [3.8, 4) is 11.4 Å². The molecule has 3 N–H and O–H groups in total. The van der Waals surface area contributed by atoms with Gasteiger partial charge in [-0.15, -0.1) is 11.3 Å². The van der Waals surface area contributed by atoms with Gasteiger partial charge in [-0.2, -0.15) is 5.10 Å². The Kier molecular flexibility index (Phi) is 3.57. The van der Waals surface area contributed by atoms with Gasteiger partial charge < -0.3 is 5.73 Å². The Bertz CT molecular complexity index is 803. The van der Waals surface area contributed by atoms with Crippen LogP contribution in [0.5, 0.6) is 0 Å². The number of rotatable bonds is 4. The average Bonchev–Trinajstić information content (AvgIpc) is 3.07. The molecule has 0 saturated heterocycles. The highest BCUT2D eigenvalue weighted by Gasteiger charge is 2.14. The minimum Gasteiger partial charge on any atom is -0.369 e. The number of nitrogen functional groups attached to an aromatic ring is 1. The van der Waals surface area contributed by atoms with Gasteiger partial charge in [-0.3, -0.25) is 14.5 Å². The van der Waals surface area contributed by atoms with Crippen LogP contribution in [0, 0.1) is 0 Å². The summed E-state index contributed by atoms with van der Waals surface area (Å²) < 4.78 is 1.84. The van der Waals surface area contributed by atoms with E-state index >= 15 is 0 Å². The van der Waals surface area contributed by atoms with Gasteiger partial charge in [0.1, 0.15) is 11.4 Å². The van der Waals surface area contributed by atoms with Gasteiger partial charge in [0.15, 0.2) is 0 Å². The van der Waals surface area contributed by atoms with E-state index in [1.807, 2.05) is 29.2 Å². The largest absolute Gasteiger partial charge is 0.369 e. The third-order valence-electron chi connectivity index (χ3n) is 3.11. The molecule has 7 heteroatoms. The molecule has 0 saturated carbocycles. The second-order valence-electron chi connectivity index (χ2n) is 4.63. The fourth-order valence-electron chi connectivity index (χ4n) is 2.17. The zero-order valence-corrected chi connectivity index (χ0v) is 12.4. The number of thiophene rings is 1. The average molecular weight is 301 g/mol. The second-order valence-corrected chi connectivity index (χ2v) is 5.66. The first-order valence-corrected chi connectivity index (χ1v) is 7.49. The molecule has 0 aliphatic rings. The molecule has 0 atom stereocenters. The molecule has 0 radical (unpaired) electrons. The van der Waals surface area contributed by atoms with Crippen molar-refractivity contribution in [3.63, 3.8) is 0 Å². The van der Waals surface area contributed by atoms with Crippen LogP contribution in [0.25, 0.3) is 11.4 Å². The van der Waals surface area contributed by atoms with Crippen molar-refractivity contribution in [2.24, 2.45) is 0 Å². The number of aryl methyl sites for hydroxylation is 1. The van der Waals surface area contributed by atoms with Crippen molar-refractivity contribution >= 4 is 17.3 Å². The molecule has 3 heterocycles. The lowest BCUT2D eigenvalue weighted by Gasteiger charge is -2.01. The Morgan fingerprint density at radius 1 is 1.48 bits per heavy atom. The van der Waals surface area contributed by atoms with Crippen molar-refractivity contribution in [3.05, 3.63) is 50.6 Å². The minimum atomic E-state index is -0.273. The van der Waals surface area contributed by atoms with Crippen LogP contribution in [0.3, 0.4) is 0 Å². The van der Waals surface area contributed by atoms with Crippen molar-refractivity contribution < 1.29 is 0 Å². The molecule has 0 fully saturated rings. The highest BCUT2D eigenvalue weighted by atomic mass is 32.1. The lowest BCUT2D eigenvalue weighted by Crippen LogP contribution is -2.10. The first-order chi connectivity index (χ1) is 10.2. The van der Waals surface area contributed by atoms with Crippen LogP contribution in [0.4, 0.5) is 5.95 Å². The van der Waals surface area contributed by atoms with Gasteiger partial charge in [0.25, 0.3) is 5.56 Å². The molecule has 6 nitrogen and oxygen atoms in total. The second kappa shape index (κ2) is 5.53. The number of aromatic amines is 1. The summed E-state index contributed by atoms with van der Waals surface area (Å²) in [6.07, 6.45) is 2.76. The van der Waals surface area contributed by atoms with Gasteiger partial charge in [0.2, 0.25) is 5.95 Å². The summed E-state index contributed by atoms with van der Waals surface area (Å²) >= 11 is 1.69. The Balaban J connectivity index is 2.08. The normalized spacial score (nSPS) is 10.9. The van der Waals surface area contributed by atoms with E-state index in [4.69, 9.17) is 5.73 Å². The van der Waals surface area contributed by atoms with Crippen LogP contribution in [-0.4, -0.2) is 19.7 Å². The predicted molar refractivity (Wildman–Crippen MR) is 83.3 cm³/mol. The molecule has 0 aromatic carbocycles. The van der Waals surface area contributed by atoms with E-state index in [9.17, 15) is 4.79 Å². The maximum absolute atomic E-state index is 11.6. The number of hydrogen-bond donors (Lipinski definition) is 2. The highest BCUT2D eigenvalue weighted by molar-refractivity contribution is 7.09. The summed E-state index contributed by atoms with van der Waals surface area (Å²) in [6.45, 7) is 2.78. The summed E-state index contributed by atoms with van der Waals surface area (Å²) in [6, 6.07) is 5.53. The van der Waals surface area contributed by atoms with Crippen LogP contribution in [0.15, 0.2) is 34.6 Å². The highest BCUT2D eigenvalue weighted by Crippen LogP contribution is 2.24. The molecule has 0 bridgehead atoms. The maximum atomic E-state index is 11.6. The van der Waals surface area contributed by atoms with Crippen LogP contribution in [-0.2, 0) is 13.0 Å². The molecule has 0 unspecified atom stereocenters. The van der Waals surface area contributed by atoms with Gasteiger partial charge in [-0.05, 0) is 18.4 Å². The predicted octanol–water partition coefficient (Wildman–Crippen LogP) is 1.89. The first-order valence-electron chi connectivity index (χ1n) is 6.61. The van der Waals surface area contributed by atoms with E-state index in [2.05, 4.69) is 21.1 Å². The van der Waals surface area contributed by atoms with E-state index in [1.165, 1.54) is 10.9 Å². The molecule has 0 aliphatic heterocycles. The number of aromatic nitrogens is 4. The number of nitrogens with zero attached hydrogens (tertiary/aromatic N) is 3. The van der Waals surface area contributed by atoms with Crippen LogP contribution >= 0.6 is 11.3 Å². The Labute approximate surface area is 125 Å². The zero-order chi connectivity index (χ0) is 14.8. The molecule has 3 rings (SSSR count). The van der Waals surface area contributed by atoms with E-state index in [1.54, 1.807) is 11.3 Å². The molecule has 0 aliphatic carbocycles. The molecule has 108 valence electrons. The zero-order valence-electron chi connectivity index (χ0n) is 11.5. The van der Waals surface area contributed by atoms with Crippen LogP contribution < -0.4 is 11.3 Å². The minimum absolute atomic E-state index is 0.102. The maximum Gasteiger partial charge on any atom is 0.252 e. The molecule has 3 aromatic rings. The van der Waals surface area contributed by atoms with Crippen molar-refractivity contribution in [2.45, 2.75) is 19.9 Å². The molecule has 21 heavy (non-hydrogen) atoms. The smallest absolute Gasteiger partial charge is 0.252 e. The van der Waals surface area contributed by atoms with Crippen LogP contribution in [0.2, 0.25) is 0 Å². The summed E-state index contributed by atoms with van der Waals surface area (Å²) in [7, 11) is 0. The summed E-state index contributed by atoms with van der Waals surface area (Å²) in [4.78, 5) is 19.5. The number of hydrogen-bond acceptors (Lipinski definition) is 5. The molecular weight excluding hydrogens is 286 g/mol. The number of nitrogens with two attached hydrogens (primary N) is 1. The Morgan fingerprint density at radius 2 is 2.33 bits per heavy atom. The standard InChI is InChI=1S/C14H15N5OS/c1-2-19-8-9(6-10-4-3-5-21-10)13(18-19)11-7-12(20)17-14(15)16-11/h3-5,7-8H,2,6H2,1H3,(H3,15,16,17,20). The number of H-pyrrole nitrogens is 1. The van der Waals surface area contributed by atoms with Gasteiger partial charge >= 0.3 is 0 Å². The fraction of sp³-hybridized carbons (Fsp3) is 0.214. The van der Waals surface area contributed by atoms with Crippen molar-refractivity contribution in [1.82, 2.24) is 19.7 Å². The molecule has 3 aromatic heterocycles. The third kappa shape index (κ3) is 2.87. The van der Waals surface area contributed by atoms with E-state index in [0.717, 1.165) is 18.5 Å². The molecule has 0 amide bonds. The van der Waals surface area contributed by atoms with Gasteiger partial charge in [0, 0.05) is 35.7 Å². The van der Waals surface area contributed by atoms with Gasteiger partial charge in [-0.1, -0.05) is 6.07 Å². The lowest BCUT2D eigenvalue weighted by atomic mass is 10.1. The van der Waals surface area contributed by atoms with Crippen molar-refractivity contribution in [1.29, 1.82) is 0 Å². The lowest BCUT2D eigenvalue weighted by molar-refractivity contribution is 0.661. The topological polar surface area (TPSA) is 89.6 Å². The Hall–Kier alpha value is -2.41. The Morgan fingerprint density at radius 3 is 3.00 bits per heavy atom. The quantitative estimate of drug-likeness (QED) is 0.770. The third-order valence-corrected chi connectivity index (χ3v) is 3.99. The van der Waals surface area contributed by atoms with E-state index in [-0.39, 0.29) is 11.5 Å². The van der Waals surface area contributed by atoms with Gasteiger partial charge in [0.05, 0.1) is 0 Å². The number of nitrogens with one attached hydrogen (secondary N) is 1. The fourth-order valence-corrected chi connectivity index (χ4v) is 2.90. The van der Waals surface area contributed by atoms with E-state index in [0.29, 0.717) is 11.4 Å². The SMILES string of the molecule is CCn1cc(Cc2cccs2)c(-c2cc(=O)[nH]c(N)n2)n1. The van der Waals surface area contributed by atoms with Gasteiger partial charge in [-0.25, -0.2) is 4.98 Å². The number of anilines is 1.